The highest BCUT2D eigenvalue weighted by atomic mass is 16.5. The number of methoxy groups -OCH3 is 1. The molecule has 4 nitrogen and oxygen atoms in total. The van der Waals surface area contributed by atoms with Gasteiger partial charge in [0.2, 0.25) is 0 Å². The second-order valence-electron chi connectivity index (χ2n) is 3.73. The molecule has 0 fully saturated rings. The molecule has 0 aliphatic carbocycles. The zero-order chi connectivity index (χ0) is 10.6. The van der Waals surface area contributed by atoms with Crippen LogP contribution >= 0.6 is 0 Å². The van der Waals surface area contributed by atoms with Crippen LogP contribution < -0.4 is 5.73 Å². The molecule has 1 aromatic heterocycles. The van der Waals surface area contributed by atoms with Gasteiger partial charge in [-0.05, 0) is 12.3 Å². The van der Waals surface area contributed by atoms with Crippen LogP contribution in [0.1, 0.15) is 25.4 Å². The van der Waals surface area contributed by atoms with Gasteiger partial charge in [-0.1, -0.05) is 13.8 Å². The molecule has 14 heavy (non-hydrogen) atoms. The van der Waals surface area contributed by atoms with Crippen molar-refractivity contribution < 1.29 is 4.74 Å². The quantitative estimate of drug-likeness (QED) is 0.789. The van der Waals surface area contributed by atoms with Crippen LogP contribution in [0.25, 0.3) is 0 Å². The molecule has 0 atom stereocenters. The van der Waals surface area contributed by atoms with E-state index in [1.807, 2.05) is 6.07 Å². The standard InChI is InChI=1S/C10H17N3O/c1-7(2)4-8-5-9(11)13-10(12-8)6-14-3/h5,7H,4,6H2,1-3H3,(H2,11,12,13). The SMILES string of the molecule is COCc1nc(N)cc(CC(C)C)n1. The average Bonchev–Trinajstić information content (AvgIpc) is 2.01. The fraction of sp³-hybridized carbons (Fsp3) is 0.600. The summed E-state index contributed by atoms with van der Waals surface area (Å²) in [5, 5.41) is 0. The lowest BCUT2D eigenvalue weighted by molar-refractivity contribution is 0.177. The Morgan fingerprint density at radius 1 is 1.43 bits per heavy atom. The fourth-order valence-electron chi connectivity index (χ4n) is 1.29. The summed E-state index contributed by atoms with van der Waals surface area (Å²) in [6.45, 7) is 4.71. The third-order valence-electron chi connectivity index (χ3n) is 1.74. The van der Waals surface area contributed by atoms with E-state index in [-0.39, 0.29) is 0 Å². The molecule has 0 unspecified atom stereocenters. The third kappa shape index (κ3) is 3.30. The van der Waals surface area contributed by atoms with Crippen LogP contribution in [-0.4, -0.2) is 17.1 Å². The molecule has 0 saturated carbocycles. The van der Waals surface area contributed by atoms with E-state index in [0.717, 1.165) is 12.1 Å². The van der Waals surface area contributed by atoms with E-state index >= 15 is 0 Å². The van der Waals surface area contributed by atoms with E-state index in [1.165, 1.54) is 0 Å². The number of nitrogens with two attached hydrogens (primary N) is 1. The van der Waals surface area contributed by atoms with Gasteiger partial charge in [-0.3, -0.25) is 0 Å². The highest BCUT2D eigenvalue weighted by Gasteiger charge is 2.04. The number of anilines is 1. The van der Waals surface area contributed by atoms with Gasteiger partial charge in [-0.15, -0.1) is 0 Å². The number of rotatable bonds is 4. The van der Waals surface area contributed by atoms with Gasteiger partial charge in [0.1, 0.15) is 12.4 Å². The fourth-order valence-corrected chi connectivity index (χ4v) is 1.29. The molecule has 1 heterocycles. The largest absolute Gasteiger partial charge is 0.384 e. The molecule has 0 aliphatic rings. The molecule has 1 aromatic rings. The first-order valence-electron chi connectivity index (χ1n) is 4.73. The first-order valence-corrected chi connectivity index (χ1v) is 4.73. The maximum absolute atomic E-state index is 5.66. The highest BCUT2D eigenvalue weighted by Crippen LogP contribution is 2.09. The number of hydrogen-bond donors (Lipinski definition) is 1. The number of nitrogen functional groups attached to an aromatic ring is 1. The van der Waals surface area contributed by atoms with Crippen LogP contribution in [0.2, 0.25) is 0 Å². The number of aromatic nitrogens is 2. The molecular formula is C10H17N3O. The molecule has 0 bridgehead atoms. The summed E-state index contributed by atoms with van der Waals surface area (Å²) in [6.07, 6.45) is 0.920. The number of hydrogen-bond acceptors (Lipinski definition) is 4. The summed E-state index contributed by atoms with van der Waals surface area (Å²) >= 11 is 0. The zero-order valence-corrected chi connectivity index (χ0v) is 8.95. The van der Waals surface area contributed by atoms with Gasteiger partial charge in [0, 0.05) is 18.9 Å². The molecular weight excluding hydrogens is 178 g/mol. The summed E-state index contributed by atoms with van der Waals surface area (Å²) in [5.74, 6) is 1.74. The second kappa shape index (κ2) is 4.91. The number of ether oxygens (including phenoxy) is 1. The Hall–Kier alpha value is -1.16. The van der Waals surface area contributed by atoms with Crippen molar-refractivity contribution in [3.63, 3.8) is 0 Å². The van der Waals surface area contributed by atoms with Gasteiger partial charge in [0.25, 0.3) is 0 Å². The normalized spacial score (nSPS) is 10.9. The Balaban J connectivity index is 2.83. The lowest BCUT2D eigenvalue weighted by Crippen LogP contribution is -2.06. The van der Waals surface area contributed by atoms with Crippen LogP contribution in [0.15, 0.2) is 6.07 Å². The summed E-state index contributed by atoms with van der Waals surface area (Å²) in [5.41, 5.74) is 6.64. The van der Waals surface area contributed by atoms with E-state index in [4.69, 9.17) is 10.5 Å². The van der Waals surface area contributed by atoms with E-state index < -0.39 is 0 Å². The zero-order valence-electron chi connectivity index (χ0n) is 8.95. The van der Waals surface area contributed by atoms with Gasteiger partial charge < -0.3 is 10.5 Å². The topological polar surface area (TPSA) is 61.0 Å². The maximum atomic E-state index is 5.66. The smallest absolute Gasteiger partial charge is 0.156 e. The van der Waals surface area contributed by atoms with Gasteiger partial charge >= 0.3 is 0 Å². The maximum Gasteiger partial charge on any atom is 0.156 e. The van der Waals surface area contributed by atoms with Crippen molar-refractivity contribution in [3.8, 4) is 0 Å². The monoisotopic (exact) mass is 195 g/mol. The predicted octanol–water partition coefficient (Wildman–Crippen LogP) is 1.40. The van der Waals surface area contributed by atoms with Crippen LogP contribution in [-0.2, 0) is 17.8 Å². The molecule has 0 aromatic carbocycles. The van der Waals surface area contributed by atoms with Crippen molar-refractivity contribution >= 4 is 5.82 Å². The van der Waals surface area contributed by atoms with E-state index in [2.05, 4.69) is 23.8 Å². The first-order chi connectivity index (χ1) is 6.61. The Kier molecular flexibility index (Phi) is 3.83. The summed E-state index contributed by atoms with van der Waals surface area (Å²) in [4.78, 5) is 8.42. The second-order valence-corrected chi connectivity index (χ2v) is 3.73. The summed E-state index contributed by atoms with van der Waals surface area (Å²) in [6, 6.07) is 1.82. The minimum Gasteiger partial charge on any atom is -0.384 e. The molecule has 0 spiro atoms. The van der Waals surface area contributed by atoms with Gasteiger partial charge in [-0.2, -0.15) is 0 Å². The third-order valence-corrected chi connectivity index (χ3v) is 1.74. The van der Waals surface area contributed by atoms with E-state index in [9.17, 15) is 0 Å². The molecule has 0 saturated heterocycles. The van der Waals surface area contributed by atoms with Gasteiger partial charge in [0.05, 0.1) is 0 Å². The molecule has 1 rings (SSSR count). The molecule has 78 valence electrons. The van der Waals surface area contributed by atoms with Gasteiger partial charge in [-0.25, -0.2) is 9.97 Å². The molecule has 0 aliphatic heterocycles. The van der Waals surface area contributed by atoms with Crippen LogP contribution in [0.4, 0.5) is 5.82 Å². The van der Waals surface area contributed by atoms with Crippen molar-refractivity contribution in [1.29, 1.82) is 0 Å². The summed E-state index contributed by atoms with van der Waals surface area (Å²) in [7, 11) is 1.62. The molecule has 0 amide bonds. The van der Waals surface area contributed by atoms with Crippen molar-refractivity contribution in [2.75, 3.05) is 12.8 Å². The van der Waals surface area contributed by atoms with Crippen molar-refractivity contribution in [1.82, 2.24) is 9.97 Å². The predicted molar refractivity (Wildman–Crippen MR) is 55.7 cm³/mol. The van der Waals surface area contributed by atoms with Crippen molar-refractivity contribution in [3.05, 3.63) is 17.6 Å². The lowest BCUT2D eigenvalue weighted by atomic mass is 10.1. The first kappa shape index (κ1) is 10.9. The van der Waals surface area contributed by atoms with Crippen LogP contribution in [0, 0.1) is 5.92 Å². The Bertz CT molecular complexity index is 299. The minimum absolute atomic E-state index is 0.413. The summed E-state index contributed by atoms with van der Waals surface area (Å²) < 4.78 is 4.96. The van der Waals surface area contributed by atoms with Crippen LogP contribution in [0.3, 0.4) is 0 Å². The Morgan fingerprint density at radius 2 is 2.14 bits per heavy atom. The van der Waals surface area contributed by atoms with E-state index in [0.29, 0.717) is 24.2 Å². The Labute approximate surface area is 84.5 Å². The minimum atomic E-state index is 0.413. The lowest BCUT2D eigenvalue weighted by Gasteiger charge is -2.06. The van der Waals surface area contributed by atoms with Crippen molar-refractivity contribution in [2.45, 2.75) is 26.9 Å². The van der Waals surface area contributed by atoms with E-state index in [1.54, 1.807) is 7.11 Å². The molecule has 4 heteroatoms. The number of nitrogens with zero attached hydrogens (tertiary/aromatic N) is 2. The molecule has 2 N–H and O–H groups in total. The highest BCUT2D eigenvalue weighted by molar-refractivity contribution is 5.29. The van der Waals surface area contributed by atoms with Gasteiger partial charge in [0.15, 0.2) is 5.82 Å². The molecule has 0 radical (unpaired) electrons. The average molecular weight is 195 g/mol. The Morgan fingerprint density at radius 3 is 2.71 bits per heavy atom. The van der Waals surface area contributed by atoms with Crippen LogP contribution in [0.5, 0.6) is 0 Å². The van der Waals surface area contributed by atoms with Crippen molar-refractivity contribution in [2.24, 2.45) is 5.92 Å².